The molecule has 0 aliphatic carbocycles. The van der Waals surface area contributed by atoms with Crippen LogP contribution in [-0.2, 0) is 17.1 Å². The summed E-state index contributed by atoms with van der Waals surface area (Å²) in [5.74, 6) is 0. The third-order valence-electron chi connectivity index (χ3n) is 2.29. The number of nitrogens with two attached hydrogens (primary N) is 1. The molecule has 0 aliphatic rings. The molecule has 3 rings (SSSR count). The van der Waals surface area contributed by atoms with Crippen LogP contribution in [0, 0.1) is 0 Å². The predicted molar refractivity (Wildman–Crippen MR) is 71.7 cm³/mol. The van der Waals surface area contributed by atoms with Crippen molar-refractivity contribution in [3.63, 3.8) is 0 Å². The van der Waals surface area contributed by atoms with Gasteiger partial charge in [-0.2, -0.15) is 30.3 Å². The van der Waals surface area contributed by atoms with Gasteiger partial charge in [0, 0.05) is 6.20 Å². The fraction of sp³-hybridized carbons (Fsp3) is 0. The maximum atomic E-state index is 5.59. The Morgan fingerprint density at radius 2 is 1.72 bits per heavy atom. The number of pyridine rings is 1. The van der Waals surface area contributed by atoms with Gasteiger partial charge in [0.25, 0.3) is 0 Å². The predicted octanol–water partition coefficient (Wildman–Crippen LogP) is 3.45. The summed E-state index contributed by atoms with van der Waals surface area (Å²) in [5.41, 5.74) is 8.42. The van der Waals surface area contributed by atoms with Crippen molar-refractivity contribution < 1.29 is 17.1 Å². The van der Waals surface area contributed by atoms with Crippen molar-refractivity contribution in [2.75, 3.05) is 5.73 Å². The zero-order valence-corrected chi connectivity index (χ0v) is 10.9. The van der Waals surface area contributed by atoms with E-state index in [1.54, 1.807) is 6.20 Å². The average Bonchev–Trinajstić information content (AvgIpc) is 3.04. The summed E-state index contributed by atoms with van der Waals surface area (Å²) in [4.78, 5) is 4.21. The minimum Gasteiger partial charge on any atom is -0.415 e. The van der Waals surface area contributed by atoms with Crippen LogP contribution >= 0.6 is 0 Å². The maximum Gasteiger partial charge on any atom is 2.00 e. The molecule has 0 bridgehead atoms. The van der Waals surface area contributed by atoms with Gasteiger partial charge in [0.1, 0.15) is 0 Å². The third-order valence-corrected chi connectivity index (χ3v) is 2.29. The molecule has 0 saturated heterocycles. The molecule has 0 radical (unpaired) electrons. The first-order valence-electron chi connectivity index (χ1n) is 5.46. The summed E-state index contributed by atoms with van der Waals surface area (Å²) in [6.45, 7) is 0. The summed E-state index contributed by atoms with van der Waals surface area (Å²) < 4.78 is 0. The fourth-order valence-corrected chi connectivity index (χ4v) is 1.48. The first kappa shape index (κ1) is 14.2. The standard InChI is InChI=1S/C10H9N2.C5H5.Fe/c11-9-5-4-8(7-9)10-3-1-2-6-12-10;1-2-4-5-3-1;/h1-7H,11H2;1-5H;/q2*-1;+2. The molecular weight excluding hydrogens is 264 g/mol. The second-order valence-corrected chi connectivity index (χ2v) is 3.61. The van der Waals surface area contributed by atoms with E-state index in [9.17, 15) is 0 Å². The smallest absolute Gasteiger partial charge is 0.415 e. The minimum absolute atomic E-state index is 0. The van der Waals surface area contributed by atoms with Crippen molar-refractivity contribution in [3.8, 4) is 11.3 Å². The molecule has 0 amide bonds. The van der Waals surface area contributed by atoms with Gasteiger partial charge in [-0.3, -0.25) is 0 Å². The van der Waals surface area contributed by atoms with Crippen molar-refractivity contribution in [2.45, 2.75) is 0 Å². The van der Waals surface area contributed by atoms with Gasteiger partial charge in [-0.25, -0.2) is 12.1 Å². The number of anilines is 1. The molecule has 2 nitrogen and oxygen atoms in total. The molecule has 3 heteroatoms. The first-order valence-corrected chi connectivity index (χ1v) is 5.46. The Hall–Kier alpha value is -1.83. The Bertz CT molecular complexity index is 509. The quantitative estimate of drug-likeness (QED) is 0.547. The molecule has 0 fully saturated rings. The molecule has 2 N–H and O–H groups in total. The monoisotopic (exact) mass is 278 g/mol. The van der Waals surface area contributed by atoms with Crippen molar-refractivity contribution in [1.82, 2.24) is 4.98 Å². The van der Waals surface area contributed by atoms with Crippen molar-refractivity contribution >= 4 is 5.69 Å². The van der Waals surface area contributed by atoms with Crippen molar-refractivity contribution in [1.29, 1.82) is 0 Å². The number of nitrogens with zero attached hydrogens (tertiary/aromatic N) is 1. The van der Waals surface area contributed by atoms with Crippen molar-refractivity contribution in [2.24, 2.45) is 0 Å². The summed E-state index contributed by atoms with van der Waals surface area (Å²) in [7, 11) is 0. The number of nitrogen functional groups attached to an aromatic ring is 1. The van der Waals surface area contributed by atoms with E-state index in [1.807, 2.05) is 66.7 Å². The van der Waals surface area contributed by atoms with E-state index >= 15 is 0 Å². The molecule has 3 aromatic rings. The van der Waals surface area contributed by atoms with E-state index in [0.29, 0.717) is 0 Å². The van der Waals surface area contributed by atoms with E-state index in [1.165, 1.54) is 0 Å². The van der Waals surface area contributed by atoms with Crippen LogP contribution in [0.25, 0.3) is 11.3 Å². The molecule has 1 heterocycles. The summed E-state index contributed by atoms with van der Waals surface area (Å²) in [6.07, 6.45) is 1.78. The van der Waals surface area contributed by atoms with Gasteiger partial charge < -0.3 is 10.7 Å². The second kappa shape index (κ2) is 7.49. The van der Waals surface area contributed by atoms with E-state index in [0.717, 1.165) is 16.9 Å². The van der Waals surface area contributed by atoms with Crippen LogP contribution in [0.5, 0.6) is 0 Å². The SMILES string of the molecule is Nc1ccc(-c2ccccn2)[cH-]1.[Fe+2].c1cc[cH-]c1. The van der Waals surface area contributed by atoms with Gasteiger partial charge in [-0.05, 0) is 11.8 Å². The van der Waals surface area contributed by atoms with Gasteiger partial charge in [0.2, 0.25) is 0 Å². The molecule has 0 aliphatic heterocycles. The molecule has 1 aromatic heterocycles. The van der Waals surface area contributed by atoms with Crippen LogP contribution in [0.1, 0.15) is 0 Å². The molecule has 0 atom stereocenters. The zero-order chi connectivity index (χ0) is 11.9. The third kappa shape index (κ3) is 4.21. The van der Waals surface area contributed by atoms with Gasteiger partial charge in [0.05, 0.1) is 0 Å². The Balaban J connectivity index is 0.000000230. The number of rotatable bonds is 1. The Labute approximate surface area is 118 Å². The van der Waals surface area contributed by atoms with Gasteiger partial charge >= 0.3 is 17.1 Å². The van der Waals surface area contributed by atoms with Crippen molar-refractivity contribution in [3.05, 3.63) is 72.9 Å². The van der Waals surface area contributed by atoms with E-state index in [2.05, 4.69) is 4.98 Å². The fourth-order valence-electron chi connectivity index (χ4n) is 1.48. The van der Waals surface area contributed by atoms with Crippen LogP contribution in [0.2, 0.25) is 0 Å². The van der Waals surface area contributed by atoms with Crippen LogP contribution in [0.4, 0.5) is 5.69 Å². The molecule has 2 aromatic carbocycles. The Morgan fingerprint density at radius 3 is 2.17 bits per heavy atom. The zero-order valence-electron chi connectivity index (χ0n) is 9.81. The van der Waals surface area contributed by atoms with E-state index < -0.39 is 0 Å². The minimum atomic E-state index is 0. The van der Waals surface area contributed by atoms with E-state index in [4.69, 9.17) is 5.73 Å². The average molecular weight is 278 g/mol. The Kier molecular flexibility index (Phi) is 5.92. The molecule has 92 valence electrons. The summed E-state index contributed by atoms with van der Waals surface area (Å²) >= 11 is 0. The normalized spacial score (nSPS) is 8.89. The van der Waals surface area contributed by atoms with Crippen LogP contribution in [0.15, 0.2) is 72.9 Å². The van der Waals surface area contributed by atoms with Crippen LogP contribution in [-0.4, -0.2) is 4.98 Å². The molecular formula is C15H14FeN2. The second-order valence-electron chi connectivity index (χ2n) is 3.61. The number of hydrogen-bond acceptors (Lipinski definition) is 2. The molecule has 0 saturated carbocycles. The maximum absolute atomic E-state index is 5.59. The Morgan fingerprint density at radius 1 is 0.944 bits per heavy atom. The summed E-state index contributed by atoms with van der Waals surface area (Å²) in [5, 5.41) is 0. The largest absolute Gasteiger partial charge is 2.00 e. The van der Waals surface area contributed by atoms with Crippen LogP contribution in [0.3, 0.4) is 0 Å². The van der Waals surface area contributed by atoms with Gasteiger partial charge in [-0.1, -0.05) is 17.8 Å². The summed E-state index contributed by atoms with van der Waals surface area (Å²) in [6, 6.07) is 21.6. The molecule has 0 spiro atoms. The van der Waals surface area contributed by atoms with Crippen LogP contribution < -0.4 is 5.73 Å². The first-order chi connectivity index (χ1) is 8.36. The van der Waals surface area contributed by atoms with E-state index in [-0.39, 0.29) is 17.1 Å². The number of hydrogen-bond donors (Lipinski definition) is 1. The number of aromatic nitrogens is 1. The van der Waals surface area contributed by atoms with Gasteiger partial charge in [-0.15, -0.1) is 11.6 Å². The molecule has 18 heavy (non-hydrogen) atoms. The topological polar surface area (TPSA) is 38.9 Å². The van der Waals surface area contributed by atoms with Gasteiger partial charge in [0.15, 0.2) is 0 Å². The molecule has 0 unspecified atom stereocenters.